The maximum absolute atomic E-state index is 12.6. The van der Waals surface area contributed by atoms with Gasteiger partial charge in [-0.3, -0.25) is 9.59 Å². The highest BCUT2D eigenvalue weighted by molar-refractivity contribution is 8.00. The average molecular weight is 384 g/mol. The number of aromatic nitrogens is 2. The first-order valence-corrected chi connectivity index (χ1v) is 9.88. The van der Waals surface area contributed by atoms with Crippen LogP contribution >= 0.6 is 23.1 Å². The molecule has 4 rings (SSSR count). The molecule has 26 heavy (non-hydrogen) atoms. The van der Waals surface area contributed by atoms with E-state index in [0.29, 0.717) is 23.6 Å². The molecule has 6 nitrogen and oxygen atoms in total. The largest absolute Gasteiger partial charge is 0.324 e. The summed E-state index contributed by atoms with van der Waals surface area (Å²) in [6.45, 7) is 2.46. The third-order valence-electron chi connectivity index (χ3n) is 4.04. The van der Waals surface area contributed by atoms with Crippen molar-refractivity contribution in [1.29, 1.82) is 0 Å². The van der Waals surface area contributed by atoms with Crippen molar-refractivity contribution in [3.63, 3.8) is 0 Å². The zero-order valence-electron chi connectivity index (χ0n) is 13.9. The molecule has 0 bridgehead atoms. The highest BCUT2D eigenvalue weighted by atomic mass is 32.2. The van der Waals surface area contributed by atoms with Gasteiger partial charge in [0.05, 0.1) is 23.7 Å². The van der Waals surface area contributed by atoms with Crippen LogP contribution < -0.4 is 10.6 Å². The Morgan fingerprint density at radius 2 is 2.23 bits per heavy atom. The first kappa shape index (κ1) is 16.9. The molecule has 0 unspecified atom stereocenters. The lowest BCUT2D eigenvalue weighted by Gasteiger charge is -2.21. The molecule has 0 fully saturated rings. The molecule has 3 heterocycles. The van der Waals surface area contributed by atoms with E-state index in [0.717, 1.165) is 10.5 Å². The van der Waals surface area contributed by atoms with E-state index in [1.807, 2.05) is 24.4 Å². The number of carbonyl (C=O) groups is 2. The van der Waals surface area contributed by atoms with Crippen molar-refractivity contribution in [2.45, 2.75) is 23.6 Å². The van der Waals surface area contributed by atoms with Crippen LogP contribution in [0.25, 0.3) is 0 Å². The lowest BCUT2D eigenvalue weighted by molar-refractivity contribution is -0.115. The standard InChI is InChI=1S/C18H16N4O2S2/c1-11-17(23)20-14-8-13(2-3-15(14)26-11)18(24)21-16-4-6-19-22(16)9-12-5-7-25-10-12/h2-8,10-11H,9H2,1H3,(H,20,23)(H,21,24)/t11-/m0/s1. The smallest absolute Gasteiger partial charge is 0.256 e. The summed E-state index contributed by atoms with van der Waals surface area (Å²) in [5.74, 6) is 0.345. The van der Waals surface area contributed by atoms with E-state index in [-0.39, 0.29) is 17.1 Å². The van der Waals surface area contributed by atoms with Crippen molar-refractivity contribution in [1.82, 2.24) is 9.78 Å². The van der Waals surface area contributed by atoms with E-state index in [2.05, 4.69) is 21.1 Å². The molecule has 0 saturated heterocycles. The molecule has 1 atom stereocenters. The summed E-state index contributed by atoms with van der Waals surface area (Å²) in [7, 11) is 0. The SMILES string of the molecule is C[C@@H]1Sc2ccc(C(=O)Nc3ccnn3Cc3ccsc3)cc2NC1=O. The van der Waals surface area contributed by atoms with Crippen molar-refractivity contribution < 1.29 is 9.59 Å². The van der Waals surface area contributed by atoms with Crippen LogP contribution in [0.3, 0.4) is 0 Å². The lowest BCUT2D eigenvalue weighted by atomic mass is 10.1. The van der Waals surface area contributed by atoms with Crippen LogP contribution in [0.1, 0.15) is 22.8 Å². The molecule has 1 aromatic carbocycles. The molecule has 132 valence electrons. The molecule has 2 N–H and O–H groups in total. The van der Waals surface area contributed by atoms with Gasteiger partial charge >= 0.3 is 0 Å². The van der Waals surface area contributed by atoms with Gasteiger partial charge in [0.25, 0.3) is 5.91 Å². The van der Waals surface area contributed by atoms with Gasteiger partial charge in [-0.05, 0) is 47.5 Å². The quantitative estimate of drug-likeness (QED) is 0.719. The molecule has 8 heteroatoms. The molecule has 1 aliphatic heterocycles. The number of nitrogens with one attached hydrogen (secondary N) is 2. The molecule has 0 saturated carbocycles. The van der Waals surface area contributed by atoms with Crippen LogP contribution in [-0.4, -0.2) is 26.8 Å². The van der Waals surface area contributed by atoms with Gasteiger partial charge in [0, 0.05) is 16.5 Å². The molecular formula is C18H16N4O2S2. The molecule has 3 aromatic rings. The number of rotatable bonds is 4. The molecule has 2 amide bonds. The van der Waals surface area contributed by atoms with Crippen LogP contribution in [0.4, 0.5) is 11.5 Å². The average Bonchev–Trinajstić information content (AvgIpc) is 3.28. The first-order chi connectivity index (χ1) is 12.6. The third-order valence-corrected chi connectivity index (χ3v) is 5.95. The number of nitrogens with zero attached hydrogens (tertiary/aromatic N) is 2. The van der Waals surface area contributed by atoms with Gasteiger partial charge < -0.3 is 10.6 Å². The predicted octanol–water partition coefficient (Wildman–Crippen LogP) is 3.68. The maximum Gasteiger partial charge on any atom is 0.256 e. The number of anilines is 2. The Kier molecular flexibility index (Phi) is 4.52. The summed E-state index contributed by atoms with van der Waals surface area (Å²) in [4.78, 5) is 25.4. The molecule has 0 spiro atoms. The van der Waals surface area contributed by atoms with Crippen LogP contribution in [0.15, 0.2) is 52.2 Å². The molecule has 2 aromatic heterocycles. The van der Waals surface area contributed by atoms with Crippen LogP contribution in [0, 0.1) is 0 Å². The summed E-state index contributed by atoms with van der Waals surface area (Å²) >= 11 is 3.12. The number of thiophene rings is 1. The van der Waals surface area contributed by atoms with Gasteiger partial charge in [-0.15, -0.1) is 11.8 Å². The Morgan fingerprint density at radius 3 is 3.04 bits per heavy atom. The van der Waals surface area contributed by atoms with Gasteiger partial charge in [0.1, 0.15) is 5.82 Å². The van der Waals surface area contributed by atoms with Crippen molar-refractivity contribution in [2.75, 3.05) is 10.6 Å². The molecule has 0 radical (unpaired) electrons. The minimum atomic E-state index is -0.238. The van der Waals surface area contributed by atoms with E-state index in [4.69, 9.17) is 0 Å². The monoisotopic (exact) mass is 384 g/mol. The number of amides is 2. The zero-order valence-corrected chi connectivity index (χ0v) is 15.6. The van der Waals surface area contributed by atoms with Gasteiger partial charge in [0.15, 0.2) is 0 Å². The second-order valence-electron chi connectivity index (χ2n) is 5.92. The highest BCUT2D eigenvalue weighted by Gasteiger charge is 2.24. The zero-order chi connectivity index (χ0) is 18.1. The summed E-state index contributed by atoms with van der Waals surface area (Å²) in [5.41, 5.74) is 2.30. The normalized spacial score (nSPS) is 16.0. The Bertz CT molecular complexity index is 965. The van der Waals surface area contributed by atoms with Crippen LogP contribution in [0.2, 0.25) is 0 Å². The van der Waals surface area contributed by atoms with Gasteiger partial charge in [-0.2, -0.15) is 16.4 Å². The molecular weight excluding hydrogens is 368 g/mol. The Morgan fingerprint density at radius 1 is 1.35 bits per heavy atom. The summed E-state index contributed by atoms with van der Waals surface area (Å²) < 4.78 is 1.75. The Labute approximate surface area is 158 Å². The van der Waals surface area contributed by atoms with Crippen molar-refractivity contribution >= 4 is 46.4 Å². The van der Waals surface area contributed by atoms with Gasteiger partial charge in [-0.25, -0.2) is 4.68 Å². The summed E-state index contributed by atoms with van der Waals surface area (Å²) in [6.07, 6.45) is 1.66. The highest BCUT2D eigenvalue weighted by Crippen LogP contribution is 2.36. The fraction of sp³-hybridized carbons (Fsp3) is 0.167. The predicted molar refractivity (Wildman–Crippen MR) is 104 cm³/mol. The fourth-order valence-corrected chi connectivity index (χ4v) is 4.25. The van der Waals surface area contributed by atoms with E-state index in [1.54, 1.807) is 40.4 Å². The minimum absolute atomic E-state index is 0.0473. The second-order valence-corrected chi connectivity index (χ2v) is 8.08. The van der Waals surface area contributed by atoms with E-state index >= 15 is 0 Å². The third kappa shape index (κ3) is 3.38. The first-order valence-electron chi connectivity index (χ1n) is 8.06. The Hall–Kier alpha value is -2.58. The van der Waals surface area contributed by atoms with Crippen LogP contribution in [0.5, 0.6) is 0 Å². The van der Waals surface area contributed by atoms with E-state index in [9.17, 15) is 9.59 Å². The number of carbonyl (C=O) groups excluding carboxylic acids is 2. The fourth-order valence-electron chi connectivity index (χ4n) is 2.66. The summed E-state index contributed by atoms with van der Waals surface area (Å²) in [5, 5.41) is 13.9. The van der Waals surface area contributed by atoms with E-state index < -0.39 is 0 Å². The Balaban J connectivity index is 1.52. The lowest BCUT2D eigenvalue weighted by Crippen LogP contribution is -2.26. The molecule has 0 aliphatic carbocycles. The second kappa shape index (κ2) is 6.97. The van der Waals surface area contributed by atoms with Crippen molar-refractivity contribution in [3.05, 3.63) is 58.4 Å². The van der Waals surface area contributed by atoms with Crippen LogP contribution in [-0.2, 0) is 11.3 Å². The number of benzene rings is 1. The number of fused-ring (bicyclic) bond motifs is 1. The van der Waals surface area contributed by atoms with Gasteiger partial charge in [-0.1, -0.05) is 0 Å². The summed E-state index contributed by atoms with van der Waals surface area (Å²) in [6, 6.07) is 9.14. The van der Waals surface area contributed by atoms with Gasteiger partial charge in [0.2, 0.25) is 5.91 Å². The topological polar surface area (TPSA) is 76.0 Å². The molecule has 1 aliphatic rings. The maximum atomic E-state index is 12.6. The number of hydrogen-bond donors (Lipinski definition) is 2. The number of thioether (sulfide) groups is 1. The van der Waals surface area contributed by atoms with Crippen molar-refractivity contribution in [3.8, 4) is 0 Å². The number of hydrogen-bond acceptors (Lipinski definition) is 5. The van der Waals surface area contributed by atoms with E-state index in [1.165, 1.54) is 11.8 Å². The minimum Gasteiger partial charge on any atom is -0.324 e. The van der Waals surface area contributed by atoms with Crippen molar-refractivity contribution in [2.24, 2.45) is 0 Å².